The van der Waals surface area contributed by atoms with Crippen LogP contribution in [0.1, 0.15) is 52.4 Å². The van der Waals surface area contributed by atoms with Gasteiger partial charge in [0, 0.05) is 0 Å². The van der Waals surface area contributed by atoms with Crippen LogP contribution in [0.4, 0.5) is 0 Å². The predicted molar refractivity (Wildman–Crippen MR) is 63.5 cm³/mol. The lowest BCUT2D eigenvalue weighted by Gasteiger charge is -2.08. The van der Waals surface area contributed by atoms with Crippen molar-refractivity contribution >= 4 is 0 Å². The Hall–Kier alpha value is -0.300. The average molecular weight is 195 g/mol. The topological polar surface area (TPSA) is 12.0 Å². The lowest BCUT2D eigenvalue weighted by Crippen LogP contribution is -2.13. The van der Waals surface area contributed by atoms with Crippen LogP contribution in [0.25, 0.3) is 0 Å². The maximum absolute atomic E-state index is 3.35. The summed E-state index contributed by atoms with van der Waals surface area (Å²) in [6.45, 7) is 6.69. The number of hydrogen-bond acceptors (Lipinski definition) is 1. The molecule has 0 bridgehead atoms. The van der Waals surface area contributed by atoms with E-state index in [1.165, 1.54) is 38.5 Å². The first kappa shape index (κ1) is 11.8. The summed E-state index contributed by atoms with van der Waals surface area (Å²) in [5.41, 5.74) is 1.61. The molecule has 0 spiro atoms. The van der Waals surface area contributed by atoms with Crippen molar-refractivity contribution in [3.8, 4) is 0 Å². The molecule has 0 heterocycles. The molecule has 0 aromatic heterocycles. The molecule has 0 aromatic rings. The van der Waals surface area contributed by atoms with E-state index in [1.807, 2.05) is 0 Å². The van der Waals surface area contributed by atoms with Gasteiger partial charge in [0.2, 0.25) is 0 Å². The molecule has 0 aromatic carbocycles. The molecular formula is C13H25N. The lowest BCUT2D eigenvalue weighted by atomic mass is 9.98. The van der Waals surface area contributed by atoms with E-state index in [2.05, 4.69) is 25.2 Å². The maximum atomic E-state index is 3.35. The Balaban J connectivity index is 2.09. The number of rotatable bonds is 6. The molecule has 0 aliphatic heterocycles. The second-order valence-electron chi connectivity index (χ2n) is 4.55. The fraction of sp³-hybridized carbons (Fsp3) is 0.846. The standard InChI is InChI=1S/C13H25N/c1-3-14-10-6-7-12(2)11-13-8-4-5-9-13/h7,13-14H,3-6,8-11H2,1-2H3. The Bertz CT molecular complexity index is 166. The first-order chi connectivity index (χ1) is 6.83. The van der Waals surface area contributed by atoms with Crippen molar-refractivity contribution in [2.24, 2.45) is 5.92 Å². The maximum Gasteiger partial charge on any atom is -0.00143 e. The minimum absolute atomic E-state index is 1.00. The Labute approximate surface area is 89.0 Å². The van der Waals surface area contributed by atoms with Crippen molar-refractivity contribution in [3.63, 3.8) is 0 Å². The second kappa shape index (κ2) is 7.05. The first-order valence-electron chi connectivity index (χ1n) is 6.19. The molecule has 0 radical (unpaired) electrons. The first-order valence-corrected chi connectivity index (χ1v) is 6.19. The highest BCUT2D eigenvalue weighted by Crippen LogP contribution is 2.29. The zero-order valence-corrected chi connectivity index (χ0v) is 9.81. The van der Waals surface area contributed by atoms with E-state index < -0.39 is 0 Å². The Kier molecular flexibility index (Phi) is 5.93. The molecule has 1 aliphatic rings. The Morgan fingerprint density at radius 2 is 2.07 bits per heavy atom. The minimum atomic E-state index is 1.00. The molecule has 1 nitrogen and oxygen atoms in total. The largest absolute Gasteiger partial charge is 0.317 e. The van der Waals surface area contributed by atoms with Gasteiger partial charge in [0.15, 0.2) is 0 Å². The molecule has 1 heteroatoms. The van der Waals surface area contributed by atoms with Gasteiger partial charge in [-0.15, -0.1) is 0 Å². The molecule has 0 amide bonds. The summed E-state index contributed by atoms with van der Waals surface area (Å²) in [4.78, 5) is 0. The van der Waals surface area contributed by atoms with Gasteiger partial charge in [0.25, 0.3) is 0 Å². The summed E-state index contributed by atoms with van der Waals surface area (Å²) in [5.74, 6) is 1.00. The van der Waals surface area contributed by atoms with E-state index in [9.17, 15) is 0 Å². The van der Waals surface area contributed by atoms with Gasteiger partial charge in [-0.2, -0.15) is 0 Å². The van der Waals surface area contributed by atoms with Crippen molar-refractivity contribution in [2.45, 2.75) is 52.4 Å². The van der Waals surface area contributed by atoms with E-state index in [0.29, 0.717) is 0 Å². The molecule has 1 saturated carbocycles. The van der Waals surface area contributed by atoms with E-state index >= 15 is 0 Å². The second-order valence-corrected chi connectivity index (χ2v) is 4.55. The third-order valence-corrected chi connectivity index (χ3v) is 3.15. The highest BCUT2D eigenvalue weighted by molar-refractivity contribution is 5.00. The van der Waals surface area contributed by atoms with E-state index in [0.717, 1.165) is 19.0 Å². The van der Waals surface area contributed by atoms with Crippen LogP contribution in [-0.2, 0) is 0 Å². The Morgan fingerprint density at radius 3 is 2.71 bits per heavy atom. The van der Waals surface area contributed by atoms with Crippen molar-refractivity contribution in [2.75, 3.05) is 13.1 Å². The normalized spacial score (nSPS) is 19.1. The molecule has 0 unspecified atom stereocenters. The van der Waals surface area contributed by atoms with Gasteiger partial charge in [-0.05, 0) is 38.8 Å². The van der Waals surface area contributed by atoms with Crippen molar-refractivity contribution in [1.82, 2.24) is 5.32 Å². The van der Waals surface area contributed by atoms with Gasteiger partial charge < -0.3 is 5.32 Å². The monoisotopic (exact) mass is 195 g/mol. The van der Waals surface area contributed by atoms with Crippen LogP contribution < -0.4 is 5.32 Å². The molecular weight excluding hydrogens is 170 g/mol. The molecule has 82 valence electrons. The van der Waals surface area contributed by atoms with E-state index in [4.69, 9.17) is 0 Å². The summed E-state index contributed by atoms with van der Waals surface area (Å²) in [6.07, 6.45) is 10.8. The number of allylic oxidation sites excluding steroid dienone is 1. The predicted octanol–water partition coefficient (Wildman–Crippen LogP) is 3.51. The van der Waals surface area contributed by atoms with Crippen LogP contribution in [0.2, 0.25) is 0 Å². The van der Waals surface area contributed by atoms with Crippen LogP contribution in [0.3, 0.4) is 0 Å². The van der Waals surface area contributed by atoms with Crippen LogP contribution in [-0.4, -0.2) is 13.1 Å². The van der Waals surface area contributed by atoms with Crippen molar-refractivity contribution < 1.29 is 0 Å². The summed E-state index contributed by atoms with van der Waals surface area (Å²) in [5, 5.41) is 3.35. The molecule has 1 aliphatic carbocycles. The average Bonchev–Trinajstić information content (AvgIpc) is 2.65. The highest BCUT2D eigenvalue weighted by Gasteiger charge is 2.14. The summed E-state index contributed by atoms with van der Waals surface area (Å²) >= 11 is 0. The van der Waals surface area contributed by atoms with Crippen LogP contribution in [0.5, 0.6) is 0 Å². The summed E-state index contributed by atoms with van der Waals surface area (Å²) in [6, 6.07) is 0. The SMILES string of the molecule is CCNCCC=C(C)CC1CCCC1. The van der Waals surface area contributed by atoms with Gasteiger partial charge in [-0.25, -0.2) is 0 Å². The number of nitrogens with one attached hydrogen (secondary N) is 1. The highest BCUT2D eigenvalue weighted by atomic mass is 14.8. The molecule has 1 N–H and O–H groups in total. The van der Waals surface area contributed by atoms with Crippen molar-refractivity contribution in [1.29, 1.82) is 0 Å². The molecule has 0 atom stereocenters. The van der Waals surface area contributed by atoms with Gasteiger partial charge in [-0.3, -0.25) is 0 Å². The fourth-order valence-electron chi connectivity index (χ4n) is 2.35. The van der Waals surface area contributed by atoms with Gasteiger partial charge >= 0.3 is 0 Å². The van der Waals surface area contributed by atoms with E-state index in [-0.39, 0.29) is 0 Å². The molecule has 1 rings (SSSR count). The van der Waals surface area contributed by atoms with Crippen LogP contribution in [0, 0.1) is 5.92 Å². The summed E-state index contributed by atoms with van der Waals surface area (Å²) in [7, 11) is 0. The van der Waals surface area contributed by atoms with Gasteiger partial charge in [-0.1, -0.05) is 44.3 Å². The third kappa shape index (κ3) is 4.80. The van der Waals surface area contributed by atoms with E-state index in [1.54, 1.807) is 5.57 Å². The Morgan fingerprint density at radius 1 is 1.36 bits per heavy atom. The zero-order chi connectivity index (χ0) is 10.2. The van der Waals surface area contributed by atoms with Gasteiger partial charge in [0.05, 0.1) is 0 Å². The molecule has 14 heavy (non-hydrogen) atoms. The fourth-order valence-corrected chi connectivity index (χ4v) is 2.35. The lowest BCUT2D eigenvalue weighted by molar-refractivity contribution is 0.542. The minimum Gasteiger partial charge on any atom is -0.317 e. The molecule has 1 fully saturated rings. The third-order valence-electron chi connectivity index (χ3n) is 3.15. The van der Waals surface area contributed by atoms with Crippen molar-refractivity contribution in [3.05, 3.63) is 11.6 Å². The molecule has 0 saturated heterocycles. The summed E-state index contributed by atoms with van der Waals surface area (Å²) < 4.78 is 0. The van der Waals surface area contributed by atoms with Crippen LogP contribution in [0.15, 0.2) is 11.6 Å². The van der Waals surface area contributed by atoms with Crippen LogP contribution >= 0.6 is 0 Å². The number of hydrogen-bond donors (Lipinski definition) is 1. The van der Waals surface area contributed by atoms with Gasteiger partial charge in [0.1, 0.15) is 0 Å². The smallest absolute Gasteiger partial charge is 0.00143 e. The quantitative estimate of drug-likeness (QED) is 0.505. The zero-order valence-electron chi connectivity index (χ0n) is 9.81.